The zero-order valence-electron chi connectivity index (χ0n) is 11.6. The van der Waals surface area contributed by atoms with Crippen molar-refractivity contribution in [3.05, 3.63) is 41.3 Å². The van der Waals surface area contributed by atoms with Gasteiger partial charge < -0.3 is 5.73 Å². The van der Waals surface area contributed by atoms with Crippen molar-refractivity contribution in [3.63, 3.8) is 0 Å². The average Bonchev–Trinajstić information content (AvgIpc) is 2.82. The molecule has 0 aliphatic rings. The number of nitrogens with zero attached hydrogens (tertiary/aromatic N) is 6. The third kappa shape index (κ3) is 3.59. The molecule has 0 atom stereocenters. The maximum absolute atomic E-state index is 12.9. The van der Waals surface area contributed by atoms with Gasteiger partial charge in [0.2, 0.25) is 5.82 Å². The second-order valence-electron chi connectivity index (χ2n) is 4.45. The highest BCUT2D eigenvalue weighted by Crippen LogP contribution is 2.18. The van der Waals surface area contributed by atoms with Crippen LogP contribution in [0.4, 0.5) is 10.2 Å². The van der Waals surface area contributed by atoms with E-state index in [1.54, 1.807) is 26.2 Å². The largest absolute Gasteiger partial charge is 0.364 e. The predicted molar refractivity (Wildman–Crippen MR) is 72.2 cm³/mol. The lowest BCUT2D eigenvalue weighted by atomic mass is 10.2. The van der Waals surface area contributed by atoms with Crippen molar-refractivity contribution in [2.45, 2.75) is 6.54 Å². The summed E-state index contributed by atoms with van der Waals surface area (Å²) in [5.74, 6) is -0.920. The number of amides is 1. The normalized spacial score (nSPS) is 11.0. The molecule has 2 aromatic rings. The van der Waals surface area contributed by atoms with E-state index < -0.39 is 5.91 Å². The molecule has 1 aromatic carbocycles. The highest BCUT2D eigenvalue weighted by atomic mass is 19.1. The number of nitrogens with two attached hydrogens (primary N) is 1. The molecule has 0 spiro atoms. The molecular weight excluding hydrogens is 277 g/mol. The fourth-order valence-corrected chi connectivity index (χ4v) is 1.57. The highest BCUT2D eigenvalue weighted by Gasteiger charge is 2.17. The molecule has 21 heavy (non-hydrogen) atoms. The quantitative estimate of drug-likeness (QED) is 0.658. The summed E-state index contributed by atoms with van der Waals surface area (Å²) >= 11 is 0. The second kappa shape index (κ2) is 6.07. The highest BCUT2D eigenvalue weighted by molar-refractivity contribution is 5.94. The molecule has 0 aliphatic carbocycles. The molecule has 0 unspecified atom stereocenters. The number of halogens is 1. The van der Waals surface area contributed by atoms with Gasteiger partial charge in [-0.2, -0.15) is 0 Å². The third-order valence-electron chi connectivity index (χ3n) is 2.51. The first-order chi connectivity index (χ1) is 9.97. The van der Waals surface area contributed by atoms with Gasteiger partial charge in [-0.1, -0.05) is 22.6 Å². The van der Waals surface area contributed by atoms with Crippen LogP contribution in [-0.2, 0) is 6.54 Å². The van der Waals surface area contributed by atoms with Crippen LogP contribution >= 0.6 is 0 Å². The van der Waals surface area contributed by atoms with Gasteiger partial charge in [0, 0.05) is 14.1 Å². The van der Waals surface area contributed by atoms with Crippen molar-refractivity contribution >= 4 is 11.7 Å². The van der Waals surface area contributed by atoms with E-state index in [-0.39, 0.29) is 23.9 Å². The Morgan fingerprint density at radius 3 is 2.62 bits per heavy atom. The molecule has 2 N–H and O–H groups in total. The molecule has 8 nitrogen and oxygen atoms in total. The predicted octanol–water partition coefficient (Wildman–Crippen LogP) is 1.12. The van der Waals surface area contributed by atoms with Crippen molar-refractivity contribution in [2.75, 3.05) is 14.1 Å². The molecule has 9 heteroatoms. The van der Waals surface area contributed by atoms with Gasteiger partial charge >= 0.3 is 0 Å². The smallest absolute Gasteiger partial charge is 0.273 e. The maximum atomic E-state index is 12.9. The Balaban J connectivity index is 2.34. The van der Waals surface area contributed by atoms with E-state index in [4.69, 9.17) is 5.73 Å². The molecule has 0 saturated heterocycles. The Bertz CT molecular complexity index is 663. The van der Waals surface area contributed by atoms with Crippen molar-refractivity contribution in [2.24, 2.45) is 16.1 Å². The first kappa shape index (κ1) is 14.6. The number of rotatable bonds is 5. The number of aromatic nitrogens is 3. The minimum absolute atomic E-state index is 0.0669. The number of benzene rings is 1. The fraction of sp³-hybridized carbons (Fsp3) is 0.250. The van der Waals surface area contributed by atoms with Crippen molar-refractivity contribution < 1.29 is 9.18 Å². The molecule has 0 fully saturated rings. The SMILES string of the molecule is CN(C)N=Nc1c(C(N)=O)nnn1Cc1ccc(F)cc1. The number of hydrogen-bond acceptors (Lipinski definition) is 5. The van der Waals surface area contributed by atoms with Gasteiger partial charge in [-0.05, 0) is 17.7 Å². The lowest BCUT2D eigenvalue weighted by Gasteiger charge is -2.04. The summed E-state index contributed by atoms with van der Waals surface area (Å²) in [5, 5.41) is 16.7. The van der Waals surface area contributed by atoms with Crippen LogP contribution < -0.4 is 5.73 Å². The molecule has 0 saturated carbocycles. The Hall–Kier alpha value is -2.84. The van der Waals surface area contributed by atoms with Gasteiger partial charge in [0.25, 0.3) is 5.91 Å². The van der Waals surface area contributed by atoms with E-state index in [1.807, 2.05) is 0 Å². The first-order valence-electron chi connectivity index (χ1n) is 6.04. The average molecular weight is 291 g/mol. The Labute approximate surface area is 120 Å². The van der Waals surface area contributed by atoms with Gasteiger partial charge in [0.05, 0.1) is 6.54 Å². The van der Waals surface area contributed by atoms with Crippen LogP contribution in [0.3, 0.4) is 0 Å². The number of hydrogen-bond donors (Lipinski definition) is 1. The second-order valence-corrected chi connectivity index (χ2v) is 4.45. The van der Waals surface area contributed by atoms with Crippen LogP contribution in [0.2, 0.25) is 0 Å². The van der Waals surface area contributed by atoms with Crippen molar-refractivity contribution in [1.29, 1.82) is 0 Å². The van der Waals surface area contributed by atoms with Gasteiger partial charge in [-0.3, -0.25) is 9.80 Å². The molecule has 0 bridgehead atoms. The standard InChI is InChI=1S/C12H14FN7O/c1-19(2)17-16-12-10(11(14)21)15-18-20(12)7-8-3-5-9(13)6-4-8/h3-6H,7H2,1-2H3,(H2,14,21). The van der Waals surface area contributed by atoms with E-state index >= 15 is 0 Å². The summed E-state index contributed by atoms with van der Waals surface area (Å²) in [6.07, 6.45) is 0. The lowest BCUT2D eigenvalue weighted by Crippen LogP contribution is -2.12. The maximum Gasteiger partial charge on any atom is 0.273 e. The van der Waals surface area contributed by atoms with Crippen LogP contribution in [0.15, 0.2) is 34.6 Å². The zero-order valence-corrected chi connectivity index (χ0v) is 11.6. The van der Waals surface area contributed by atoms with Gasteiger partial charge in [-0.15, -0.1) is 10.2 Å². The molecule has 1 heterocycles. The van der Waals surface area contributed by atoms with Crippen LogP contribution in [0.5, 0.6) is 0 Å². The summed E-state index contributed by atoms with van der Waals surface area (Å²) in [7, 11) is 3.36. The van der Waals surface area contributed by atoms with Crippen molar-refractivity contribution in [1.82, 2.24) is 20.0 Å². The molecule has 2 rings (SSSR count). The summed E-state index contributed by atoms with van der Waals surface area (Å²) in [5.41, 5.74) is 5.94. The topological polar surface area (TPSA) is 102 Å². The van der Waals surface area contributed by atoms with Crippen LogP contribution in [0.1, 0.15) is 16.1 Å². The molecule has 1 amide bonds. The van der Waals surface area contributed by atoms with E-state index in [0.29, 0.717) is 0 Å². The van der Waals surface area contributed by atoms with Crippen molar-refractivity contribution in [3.8, 4) is 0 Å². The minimum Gasteiger partial charge on any atom is -0.364 e. The minimum atomic E-state index is -0.743. The molecule has 0 radical (unpaired) electrons. The summed E-state index contributed by atoms with van der Waals surface area (Å²) < 4.78 is 14.3. The molecule has 110 valence electrons. The Morgan fingerprint density at radius 1 is 1.38 bits per heavy atom. The van der Waals surface area contributed by atoms with Gasteiger partial charge in [0.15, 0.2) is 5.69 Å². The van der Waals surface area contributed by atoms with Crippen LogP contribution in [0.25, 0.3) is 0 Å². The fourth-order valence-electron chi connectivity index (χ4n) is 1.57. The van der Waals surface area contributed by atoms with E-state index in [2.05, 4.69) is 20.6 Å². The molecule has 0 aliphatic heterocycles. The Kier molecular flexibility index (Phi) is 4.21. The monoisotopic (exact) mass is 291 g/mol. The summed E-state index contributed by atoms with van der Waals surface area (Å²) in [6.45, 7) is 0.266. The number of primary amides is 1. The lowest BCUT2D eigenvalue weighted by molar-refractivity contribution is 0.0996. The Morgan fingerprint density at radius 2 is 2.05 bits per heavy atom. The number of carbonyl (C=O) groups excluding carboxylic acids is 1. The zero-order chi connectivity index (χ0) is 15.4. The van der Waals surface area contributed by atoms with Crippen LogP contribution in [0, 0.1) is 5.82 Å². The van der Waals surface area contributed by atoms with E-state index in [1.165, 1.54) is 21.8 Å². The van der Waals surface area contributed by atoms with Gasteiger partial charge in [0.1, 0.15) is 5.82 Å². The molecular formula is C12H14FN7O. The number of carbonyl (C=O) groups is 1. The summed E-state index contributed by atoms with van der Waals surface area (Å²) in [6, 6.07) is 5.88. The summed E-state index contributed by atoms with van der Waals surface area (Å²) in [4.78, 5) is 11.3. The molecule has 1 aromatic heterocycles. The van der Waals surface area contributed by atoms with Gasteiger partial charge in [-0.25, -0.2) is 9.07 Å². The first-order valence-corrected chi connectivity index (χ1v) is 6.04. The van der Waals surface area contributed by atoms with E-state index in [0.717, 1.165) is 5.56 Å². The van der Waals surface area contributed by atoms with E-state index in [9.17, 15) is 9.18 Å². The third-order valence-corrected chi connectivity index (χ3v) is 2.51. The van der Waals surface area contributed by atoms with Crippen LogP contribution in [-0.4, -0.2) is 40.0 Å².